The molecule has 1 aliphatic rings. The van der Waals surface area contributed by atoms with E-state index >= 15 is 0 Å². The van der Waals surface area contributed by atoms with Gasteiger partial charge in [-0.05, 0) is 23.5 Å². The molecule has 0 bridgehead atoms. The summed E-state index contributed by atoms with van der Waals surface area (Å²) in [6.45, 7) is 4.90. The maximum absolute atomic E-state index is 11.6. The van der Waals surface area contributed by atoms with Gasteiger partial charge in [-0.1, -0.05) is 49.9 Å². The number of nitrogens with zero attached hydrogens (tertiary/aromatic N) is 1. The molecule has 1 fully saturated rings. The summed E-state index contributed by atoms with van der Waals surface area (Å²) >= 11 is 1.20. The highest BCUT2D eigenvalue weighted by Gasteiger charge is 2.31. The number of carbonyl (C=O) groups excluding carboxylic acids is 1. The fraction of sp³-hybridized carbons (Fsp3) is 0.438. The van der Waals surface area contributed by atoms with Crippen molar-refractivity contribution in [3.8, 4) is 0 Å². The molecule has 1 heterocycles. The van der Waals surface area contributed by atoms with Gasteiger partial charge >= 0.3 is 5.97 Å². The van der Waals surface area contributed by atoms with Gasteiger partial charge in [-0.2, -0.15) is 0 Å². The first-order valence-electron chi connectivity index (χ1n) is 7.28. The van der Waals surface area contributed by atoms with Crippen LogP contribution in [-0.2, 0) is 16.0 Å². The first-order valence-corrected chi connectivity index (χ1v) is 8.16. The molecular formula is C16H20N2O3S. The number of amidine groups is 1. The summed E-state index contributed by atoms with van der Waals surface area (Å²) in [6, 6.07) is 8.45. The standard InChI is InChI=1S/C16H20N2O3S/c1-10(2)12-5-3-11(4-6-12)7-8-17-16-18-15(21)13(22-16)9-14(19)20/h3-6,10,13H,7-9H2,1-2H3,(H,19,20)(H,17,18,21). The lowest BCUT2D eigenvalue weighted by Crippen LogP contribution is -2.26. The molecule has 1 atom stereocenters. The minimum atomic E-state index is -0.973. The van der Waals surface area contributed by atoms with Crippen molar-refractivity contribution in [2.45, 2.75) is 37.9 Å². The number of aliphatic imine (C=N–C) groups is 1. The number of rotatable bonds is 6. The van der Waals surface area contributed by atoms with E-state index in [0.29, 0.717) is 17.6 Å². The number of thioether (sulfide) groups is 1. The van der Waals surface area contributed by atoms with Gasteiger partial charge in [-0.3, -0.25) is 14.6 Å². The van der Waals surface area contributed by atoms with Gasteiger partial charge in [0.05, 0.1) is 6.42 Å². The molecule has 2 N–H and O–H groups in total. The summed E-state index contributed by atoms with van der Waals surface area (Å²) in [5, 5.41) is 11.3. The quantitative estimate of drug-likeness (QED) is 0.843. The smallest absolute Gasteiger partial charge is 0.305 e. The summed E-state index contributed by atoms with van der Waals surface area (Å²) in [7, 11) is 0. The summed E-state index contributed by atoms with van der Waals surface area (Å²) < 4.78 is 0. The van der Waals surface area contributed by atoms with E-state index in [0.717, 1.165) is 6.42 Å². The topological polar surface area (TPSA) is 78.8 Å². The zero-order chi connectivity index (χ0) is 16.1. The van der Waals surface area contributed by atoms with Crippen molar-refractivity contribution < 1.29 is 14.7 Å². The van der Waals surface area contributed by atoms with Gasteiger partial charge in [0.15, 0.2) is 5.17 Å². The number of carboxylic acid groups (broad SMARTS) is 1. The molecule has 1 saturated heterocycles. The summed E-state index contributed by atoms with van der Waals surface area (Å²) in [5.74, 6) is -0.725. The van der Waals surface area contributed by atoms with E-state index in [1.54, 1.807) is 0 Å². The highest BCUT2D eigenvalue weighted by Crippen LogP contribution is 2.22. The van der Waals surface area contributed by atoms with Gasteiger partial charge in [-0.25, -0.2) is 0 Å². The highest BCUT2D eigenvalue weighted by atomic mass is 32.2. The Morgan fingerprint density at radius 3 is 2.64 bits per heavy atom. The second-order valence-electron chi connectivity index (χ2n) is 5.53. The zero-order valence-electron chi connectivity index (χ0n) is 12.7. The molecule has 22 heavy (non-hydrogen) atoms. The second-order valence-corrected chi connectivity index (χ2v) is 6.72. The van der Waals surface area contributed by atoms with Crippen LogP contribution < -0.4 is 5.32 Å². The Morgan fingerprint density at radius 1 is 1.36 bits per heavy atom. The van der Waals surface area contributed by atoms with Crippen molar-refractivity contribution in [3.05, 3.63) is 35.4 Å². The summed E-state index contributed by atoms with van der Waals surface area (Å²) in [4.78, 5) is 26.6. The monoisotopic (exact) mass is 320 g/mol. The molecule has 0 aromatic heterocycles. The Balaban J connectivity index is 1.85. The maximum Gasteiger partial charge on any atom is 0.305 e. The largest absolute Gasteiger partial charge is 0.481 e. The minimum absolute atomic E-state index is 0.174. The van der Waals surface area contributed by atoms with Crippen LogP contribution in [0.3, 0.4) is 0 Å². The maximum atomic E-state index is 11.6. The summed E-state index contributed by atoms with van der Waals surface area (Å²) in [6.07, 6.45) is 0.619. The third-order valence-electron chi connectivity index (χ3n) is 3.44. The Labute approximate surface area is 134 Å². The second kappa shape index (κ2) is 7.45. The van der Waals surface area contributed by atoms with Gasteiger partial charge in [0.25, 0.3) is 0 Å². The van der Waals surface area contributed by atoms with E-state index in [1.807, 2.05) is 0 Å². The SMILES string of the molecule is CC(C)c1ccc(CCN=C2NC(=O)C(CC(=O)O)S2)cc1. The number of carboxylic acids is 1. The Morgan fingerprint density at radius 2 is 2.05 bits per heavy atom. The van der Waals surface area contributed by atoms with Gasteiger partial charge in [0.1, 0.15) is 5.25 Å². The van der Waals surface area contributed by atoms with Crippen LogP contribution in [0.15, 0.2) is 29.3 Å². The molecule has 6 heteroatoms. The van der Waals surface area contributed by atoms with Gasteiger partial charge in [0.2, 0.25) is 5.91 Å². The Kier molecular flexibility index (Phi) is 5.60. The van der Waals surface area contributed by atoms with E-state index < -0.39 is 11.2 Å². The zero-order valence-corrected chi connectivity index (χ0v) is 13.5. The highest BCUT2D eigenvalue weighted by molar-refractivity contribution is 8.15. The normalized spacial score (nSPS) is 19.7. The summed E-state index contributed by atoms with van der Waals surface area (Å²) in [5.41, 5.74) is 2.51. The first kappa shape index (κ1) is 16.5. The minimum Gasteiger partial charge on any atom is -0.481 e. The van der Waals surface area contributed by atoms with E-state index in [2.05, 4.69) is 48.4 Å². The molecule has 0 spiro atoms. The average Bonchev–Trinajstić information content (AvgIpc) is 2.79. The fourth-order valence-corrected chi connectivity index (χ4v) is 3.12. The van der Waals surface area contributed by atoms with Crippen LogP contribution in [0.25, 0.3) is 0 Å². The van der Waals surface area contributed by atoms with Crippen LogP contribution >= 0.6 is 11.8 Å². The first-order chi connectivity index (χ1) is 10.5. The number of benzene rings is 1. The molecular weight excluding hydrogens is 300 g/mol. The van der Waals surface area contributed by atoms with Gasteiger partial charge in [-0.15, -0.1) is 0 Å². The number of nitrogens with one attached hydrogen (secondary N) is 1. The Hall–Kier alpha value is -1.82. The number of amides is 1. The lowest BCUT2D eigenvalue weighted by molar-refractivity contribution is -0.138. The molecule has 118 valence electrons. The van der Waals surface area contributed by atoms with Gasteiger partial charge < -0.3 is 10.4 Å². The van der Waals surface area contributed by atoms with Crippen LogP contribution in [0.4, 0.5) is 0 Å². The molecule has 0 aliphatic carbocycles. The Bertz CT molecular complexity index is 582. The number of hydrogen-bond donors (Lipinski definition) is 2. The van der Waals surface area contributed by atoms with Crippen molar-refractivity contribution in [2.24, 2.45) is 4.99 Å². The van der Waals surface area contributed by atoms with Gasteiger partial charge in [0, 0.05) is 6.54 Å². The van der Waals surface area contributed by atoms with E-state index in [1.165, 1.54) is 22.9 Å². The van der Waals surface area contributed by atoms with E-state index in [-0.39, 0.29) is 12.3 Å². The van der Waals surface area contributed by atoms with Crippen LogP contribution in [0, 0.1) is 0 Å². The molecule has 1 unspecified atom stereocenters. The van der Waals surface area contributed by atoms with Crippen LogP contribution in [0.5, 0.6) is 0 Å². The predicted molar refractivity (Wildman–Crippen MR) is 88.3 cm³/mol. The number of aliphatic carboxylic acids is 1. The molecule has 0 radical (unpaired) electrons. The predicted octanol–water partition coefficient (Wildman–Crippen LogP) is 2.41. The van der Waals surface area contributed by atoms with Crippen molar-refractivity contribution in [1.29, 1.82) is 0 Å². The van der Waals surface area contributed by atoms with Crippen LogP contribution in [-0.4, -0.2) is 33.9 Å². The average molecular weight is 320 g/mol. The third-order valence-corrected chi connectivity index (χ3v) is 4.56. The van der Waals surface area contributed by atoms with Crippen molar-refractivity contribution in [2.75, 3.05) is 6.54 Å². The van der Waals surface area contributed by atoms with E-state index in [4.69, 9.17) is 5.11 Å². The lowest BCUT2D eigenvalue weighted by Gasteiger charge is -2.06. The van der Waals surface area contributed by atoms with Crippen molar-refractivity contribution >= 4 is 28.8 Å². The van der Waals surface area contributed by atoms with Crippen LogP contribution in [0.1, 0.15) is 37.3 Å². The third kappa shape index (κ3) is 4.59. The number of hydrogen-bond acceptors (Lipinski definition) is 4. The van der Waals surface area contributed by atoms with Crippen LogP contribution in [0.2, 0.25) is 0 Å². The molecule has 1 aromatic rings. The van der Waals surface area contributed by atoms with E-state index in [9.17, 15) is 9.59 Å². The number of carbonyl (C=O) groups is 2. The van der Waals surface area contributed by atoms with Crippen molar-refractivity contribution in [1.82, 2.24) is 5.32 Å². The molecule has 5 nitrogen and oxygen atoms in total. The fourth-order valence-electron chi connectivity index (χ4n) is 2.13. The molecule has 1 amide bonds. The molecule has 0 saturated carbocycles. The molecule has 2 rings (SSSR count). The molecule has 1 aromatic carbocycles. The van der Waals surface area contributed by atoms with Crippen molar-refractivity contribution in [3.63, 3.8) is 0 Å². The lowest BCUT2D eigenvalue weighted by atomic mass is 10.0. The molecule has 1 aliphatic heterocycles.